The van der Waals surface area contributed by atoms with E-state index < -0.39 is 0 Å². The fraction of sp³-hybridized carbons (Fsp3) is 0.357. The Balaban J connectivity index is 1.72. The number of ether oxygens (including phenoxy) is 2. The molecular formula is C28H33N3O4. The second kappa shape index (κ2) is 11.1. The minimum absolute atomic E-state index is 0.158. The van der Waals surface area contributed by atoms with E-state index in [4.69, 9.17) is 9.47 Å². The van der Waals surface area contributed by atoms with Gasteiger partial charge in [0.25, 0.3) is 11.8 Å². The van der Waals surface area contributed by atoms with Gasteiger partial charge >= 0.3 is 0 Å². The van der Waals surface area contributed by atoms with Crippen LogP contribution in [0.5, 0.6) is 11.5 Å². The van der Waals surface area contributed by atoms with Crippen LogP contribution in [-0.4, -0.2) is 48.6 Å². The molecule has 0 atom stereocenters. The summed E-state index contributed by atoms with van der Waals surface area (Å²) in [5, 5.41) is 3.94. The summed E-state index contributed by atoms with van der Waals surface area (Å²) in [7, 11) is 3.07. The number of aryl methyl sites for hydroxylation is 1. The average Bonchev–Trinajstić information content (AvgIpc) is 3.05. The van der Waals surface area contributed by atoms with Gasteiger partial charge in [-0.2, -0.15) is 0 Å². The first-order valence-corrected chi connectivity index (χ1v) is 12.2. The SMILES string of the molecule is CCn1cc(C=C(NC(=O)c2ccc(OC)c(OC)c2)C(=O)N2CCCCCC2)c2ccccc21. The van der Waals surface area contributed by atoms with E-state index in [0.29, 0.717) is 30.2 Å². The Morgan fingerprint density at radius 1 is 0.971 bits per heavy atom. The molecule has 2 aromatic carbocycles. The van der Waals surface area contributed by atoms with Gasteiger partial charge in [-0.3, -0.25) is 9.59 Å². The highest BCUT2D eigenvalue weighted by molar-refractivity contribution is 6.06. The third kappa shape index (κ3) is 5.34. The fourth-order valence-electron chi connectivity index (χ4n) is 4.57. The molecule has 0 radical (unpaired) electrons. The summed E-state index contributed by atoms with van der Waals surface area (Å²) in [6.45, 7) is 4.28. The Morgan fingerprint density at radius 2 is 1.69 bits per heavy atom. The molecule has 0 unspecified atom stereocenters. The summed E-state index contributed by atoms with van der Waals surface area (Å²) in [5.41, 5.74) is 2.64. The first-order valence-electron chi connectivity index (χ1n) is 12.2. The number of carbonyl (C=O) groups excluding carboxylic acids is 2. The van der Waals surface area contributed by atoms with Gasteiger partial charge in [0.05, 0.1) is 14.2 Å². The fourth-order valence-corrected chi connectivity index (χ4v) is 4.57. The Bertz CT molecular complexity index is 1240. The predicted octanol–water partition coefficient (Wildman–Crippen LogP) is 4.85. The van der Waals surface area contributed by atoms with Crippen LogP contribution in [0.2, 0.25) is 0 Å². The summed E-state index contributed by atoms with van der Waals surface area (Å²) >= 11 is 0. The second-order valence-corrected chi connectivity index (χ2v) is 8.68. The lowest BCUT2D eigenvalue weighted by molar-refractivity contribution is -0.127. The van der Waals surface area contributed by atoms with E-state index in [1.165, 1.54) is 7.11 Å². The van der Waals surface area contributed by atoms with Crippen molar-refractivity contribution in [2.45, 2.75) is 39.2 Å². The number of carbonyl (C=O) groups is 2. The van der Waals surface area contributed by atoms with Gasteiger partial charge in [0.1, 0.15) is 5.70 Å². The molecule has 0 aliphatic carbocycles. The van der Waals surface area contributed by atoms with Crippen LogP contribution in [0.1, 0.15) is 48.5 Å². The third-order valence-electron chi connectivity index (χ3n) is 6.48. The van der Waals surface area contributed by atoms with Crippen LogP contribution in [-0.2, 0) is 11.3 Å². The van der Waals surface area contributed by atoms with Crippen molar-refractivity contribution in [2.75, 3.05) is 27.3 Å². The van der Waals surface area contributed by atoms with Crippen LogP contribution < -0.4 is 14.8 Å². The van der Waals surface area contributed by atoms with Gasteiger partial charge in [-0.15, -0.1) is 0 Å². The van der Waals surface area contributed by atoms with E-state index in [1.54, 1.807) is 31.4 Å². The van der Waals surface area contributed by atoms with Gasteiger partial charge in [-0.05, 0) is 50.1 Å². The molecule has 0 bridgehead atoms. The normalized spacial score (nSPS) is 14.5. The van der Waals surface area contributed by atoms with E-state index in [9.17, 15) is 9.59 Å². The number of hydrogen-bond acceptors (Lipinski definition) is 4. The topological polar surface area (TPSA) is 72.8 Å². The molecule has 1 N–H and O–H groups in total. The van der Waals surface area contributed by atoms with Crippen LogP contribution >= 0.6 is 0 Å². The van der Waals surface area contributed by atoms with Crippen molar-refractivity contribution in [3.05, 3.63) is 65.5 Å². The third-order valence-corrected chi connectivity index (χ3v) is 6.48. The van der Waals surface area contributed by atoms with Crippen molar-refractivity contribution in [1.82, 2.24) is 14.8 Å². The van der Waals surface area contributed by atoms with Gasteiger partial charge in [0.2, 0.25) is 0 Å². The van der Waals surface area contributed by atoms with Crippen LogP contribution in [0.3, 0.4) is 0 Å². The van der Waals surface area contributed by atoms with Crippen LogP contribution in [0.15, 0.2) is 54.4 Å². The molecule has 1 saturated heterocycles. The van der Waals surface area contributed by atoms with Crippen molar-refractivity contribution in [3.63, 3.8) is 0 Å². The quantitative estimate of drug-likeness (QED) is 0.496. The lowest BCUT2D eigenvalue weighted by Gasteiger charge is -2.22. The highest BCUT2D eigenvalue weighted by Crippen LogP contribution is 2.28. The van der Waals surface area contributed by atoms with Crippen LogP contribution in [0.4, 0.5) is 0 Å². The molecule has 2 amide bonds. The number of fused-ring (bicyclic) bond motifs is 1. The number of nitrogens with one attached hydrogen (secondary N) is 1. The number of hydrogen-bond donors (Lipinski definition) is 1. The van der Waals surface area contributed by atoms with E-state index in [0.717, 1.165) is 48.7 Å². The summed E-state index contributed by atoms with van der Waals surface area (Å²) in [6.07, 6.45) is 8.01. The second-order valence-electron chi connectivity index (χ2n) is 8.68. The number of para-hydroxylation sites is 1. The molecule has 7 heteroatoms. The first kappa shape index (κ1) is 24.4. The number of benzene rings is 2. The highest BCUT2D eigenvalue weighted by Gasteiger charge is 2.23. The maximum Gasteiger partial charge on any atom is 0.270 e. The molecule has 184 valence electrons. The predicted molar refractivity (Wildman–Crippen MR) is 138 cm³/mol. The summed E-state index contributed by atoms with van der Waals surface area (Å²) in [6, 6.07) is 13.1. The highest BCUT2D eigenvalue weighted by atomic mass is 16.5. The zero-order valence-electron chi connectivity index (χ0n) is 20.7. The molecule has 3 aromatic rings. The summed E-state index contributed by atoms with van der Waals surface area (Å²) < 4.78 is 12.8. The number of nitrogens with zero attached hydrogens (tertiary/aromatic N) is 2. The number of rotatable bonds is 7. The van der Waals surface area contributed by atoms with E-state index in [-0.39, 0.29) is 17.5 Å². The average molecular weight is 476 g/mol. The van der Waals surface area contributed by atoms with Gasteiger partial charge in [-0.25, -0.2) is 0 Å². The van der Waals surface area contributed by atoms with Gasteiger partial charge in [0, 0.05) is 47.9 Å². The Kier molecular flexibility index (Phi) is 7.75. The van der Waals surface area contributed by atoms with Crippen molar-refractivity contribution in [2.24, 2.45) is 0 Å². The van der Waals surface area contributed by atoms with E-state index >= 15 is 0 Å². The molecule has 1 aliphatic heterocycles. The van der Waals surface area contributed by atoms with Crippen molar-refractivity contribution in [3.8, 4) is 11.5 Å². The molecule has 1 aromatic heterocycles. The number of likely N-dealkylation sites (tertiary alicyclic amines) is 1. The smallest absolute Gasteiger partial charge is 0.270 e. The van der Waals surface area contributed by atoms with E-state index in [2.05, 4.69) is 22.9 Å². The lowest BCUT2D eigenvalue weighted by atomic mass is 10.1. The van der Waals surface area contributed by atoms with Crippen molar-refractivity contribution in [1.29, 1.82) is 0 Å². The number of methoxy groups -OCH3 is 2. The Labute approximate surface area is 206 Å². The molecule has 7 nitrogen and oxygen atoms in total. The van der Waals surface area contributed by atoms with Crippen LogP contribution in [0.25, 0.3) is 17.0 Å². The van der Waals surface area contributed by atoms with Crippen LogP contribution in [0, 0.1) is 0 Å². The molecule has 2 heterocycles. The number of amides is 2. The number of aromatic nitrogens is 1. The summed E-state index contributed by atoms with van der Waals surface area (Å²) in [4.78, 5) is 28.8. The Hall–Kier alpha value is -3.74. The van der Waals surface area contributed by atoms with Gasteiger partial charge in [-0.1, -0.05) is 31.0 Å². The molecule has 4 rings (SSSR count). The van der Waals surface area contributed by atoms with Gasteiger partial charge < -0.3 is 24.3 Å². The van der Waals surface area contributed by atoms with Crippen molar-refractivity contribution < 1.29 is 19.1 Å². The molecule has 0 saturated carbocycles. The first-order chi connectivity index (χ1) is 17.0. The monoisotopic (exact) mass is 475 g/mol. The molecule has 35 heavy (non-hydrogen) atoms. The zero-order valence-corrected chi connectivity index (χ0v) is 20.7. The summed E-state index contributed by atoms with van der Waals surface area (Å²) in [5.74, 6) is 0.456. The zero-order chi connectivity index (χ0) is 24.8. The molecule has 0 spiro atoms. The van der Waals surface area contributed by atoms with E-state index in [1.807, 2.05) is 29.3 Å². The molecular weight excluding hydrogens is 442 g/mol. The molecule has 1 aliphatic rings. The minimum atomic E-state index is -0.375. The maximum absolute atomic E-state index is 13.6. The standard InChI is InChI=1S/C28H33N3O4/c1-4-30-19-21(22-11-7-8-12-24(22)30)17-23(28(33)31-15-9-5-6-10-16-31)29-27(32)20-13-14-25(34-2)26(18-20)35-3/h7-8,11-14,17-19H,4-6,9-10,15-16H2,1-3H3,(H,29,32). The molecule has 1 fully saturated rings. The minimum Gasteiger partial charge on any atom is -0.493 e. The van der Waals surface area contributed by atoms with Gasteiger partial charge in [0.15, 0.2) is 11.5 Å². The Morgan fingerprint density at radius 3 is 2.37 bits per heavy atom. The lowest BCUT2D eigenvalue weighted by Crippen LogP contribution is -2.39. The largest absolute Gasteiger partial charge is 0.493 e. The maximum atomic E-state index is 13.6. The van der Waals surface area contributed by atoms with Crippen molar-refractivity contribution >= 4 is 28.8 Å².